The van der Waals surface area contributed by atoms with Crippen molar-refractivity contribution in [3.8, 4) is 5.75 Å². The summed E-state index contributed by atoms with van der Waals surface area (Å²) >= 11 is 1.50. The highest BCUT2D eigenvalue weighted by Crippen LogP contribution is 2.27. The van der Waals surface area contributed by atoms with Gasteiger partial charge in [-0.05, 0) is 29.5 Å². The van der Waals surface area contributed by atoms with E-state index in [1.54, 1.807) is 0 Å². The highest BCUT2D eigenvalue weighted by Gasteiger charge is 2.27. The number of hydrogen-bond acceptors (Lipinski definition) is 6. The Morgan fingerprint density at radius 1 is 1.19 bits per heavy atom. The highest BCUT2D eigenvalue weighted by molar-refractivity contribution is 7.09. The Kier molecular flexibility index (Phi) is 5.85. The third kappa shape index (κ3) is 4.82. The monoisotopic (exact) mass is 374 g/mol. The van der Waals surface area contributed by atoms with Crippen LogP contribution >= 0.6 is 11.3 Å². The van der Waals surface area contributed by atoms with Crippen molar-refractivity contribution in [2.75, 3.05) is 13.2 Å². The van der Waals surface area contributed by atoms with E-state index >= 15 is 0 Å². The van der Waals surface area contributed by atoms with Gasteiger partial charge in [-0.2, -0.15) is 0 Å². The SMILES string of the molecule is O=C(COC(=O)[C@@H]1COc2ccccc2C1)NC(=O)NCc1cccs1. The summed E-state index contributed by atoms with van der Waals surface area (Å²) in [6, 6.07) is 10.6. The van der Waals surface area contributed by atoms with E-state index in [9.17, 15) is 14.4 Å². The smallest absolute Gasteiger partial charge is 0.321 e. The summed E-state index contributed by atoms with van der Waals surface area (Å²) in [5, 5.41) is 6.58. The Morgan fingerprint density at radius 3 is 2.85 bits per heavy atom. The largest absolute Gasteiger partial charge is 0.492 e. The number of ether oxygens (including phenoxy) is 2. The first kappa shape index (κ1) is 17.9. The molecule has 2 N–H and O–H groups in total. The minimum Gasteiger partial charge on any atom is -0.492 e. The van der Waals surface area contributed by atoms with Crippen LogP contribution in [0.5, 0.6) is 5.75 Å². The lowest BCUT2D eigenvalue weighted by atomic mass is 9.97. The summed E-state index contributed by atoms with van der Waals surface area (Å²) in [5.74, 6) is -0.908. The van der Waals surface area contributed by atoms with Gasteiger partial charge >= 0.3 is 12.0 Å². The molecule has 0 unspecified atom stereocenters. The fourth-order valence-corrected chi connectivity index (χ4v) is 3.17. The molecule has 1 aliphatic heterocycles. The molecular formula is C18H18N2O5S. The van der Waals surface area contributed by atoms with Crippen LogP contribution < -0.4 is 15.4 Å². The summed E-state index contributed by atoms with van der Waals surface area (Å²) in [4.78, 5) is 36.4. The van der Waals surface area contributed by atoms with E-state index in [0.29, 0.717) is 13.0 Å². The number of fused-ring (bicyclic) bond motifs is 1. The Bertz CT molecular complexity index is 791. The van der Waals surface area contributed by atoms with Crippen LogP contribution in [-0.2, 0) is 27.3 Å². The number of amides is 3. The van der Waals surface area contributed by atoms with Crippen molar-refractivity contribution in [2.24, 2.45) is 5.92 Å². The molecule has 3 amide bonds. The normalized spacial score (nSPS) is 15.3. The maximum absolute atomic E-state index is 12.1. The number of carbonyl (C=O) groups is 3. The van der Waals surface area contributed by atoms with Crippen LogP contribution in [0.4, 0.5) is 4.79 Å². The van der Waals surface area contributed by atoms with Gasteiger partial charge in [-0.1, -0.05) is 24.3 Å². The molecule has 1 aromatic heterocycles. The summed E-state index contributed by atoms with van der Waals surface area (Å²) in [6.07, 6.45) is 0.498. The molecule has 1 aliphatic rings. The molecule has 0 saturated carbocycles. The highest BCUT2D eigenvalue weighted by atomic mass is 32.1. The Labute approximate surface area is 154 Å². The number of benzene rings is 1. The molecule has 2 heterocycles. The van der Waals surface area contributed by atoms with Crippen molar-refractivity contribution >= 4 is 29.2 Å². The predicted molar refractivity (Wildman–Crippen MR) is 94.8 cm³/mol. The van der Waals surface area contributed by atoms with Gasteiger partial charge in [0.05, 0.1) is 12.5 Å². The molecule has 0 saturated heterocycles. The summed E-state index contributed by atoms with van der Waals surface area (Å²) in [6.45, 7) is 0.0254. The lowest BCUT2D eigenvalue weighted by molar-refractivity contribution is -0.153. The van der Waals surface area contributed by atoms with E-state index < -0.39 is 30.4 Å². The van der Waals surface area contributed by atoms with Crippen molar-refractivity contribution < 1.29 is 23.9 Å². The fraction of sp³-hybridized carbons (Fsp3) is 0.278. The second-order valence-electron chi connectivity index (χ2n) is 5.74. The van der Waals surface area contributed by atoms with Crippen molar-refractivity contribution in [1.82, 2.24) is 10.6 Å². The first-order chi connectivity index (χ1) is 12.6. The molecule has 0 spiro atoms. The molecule has 0 bridgehead atoms. The van der Waals surface area contributed by atoms with E-state index in [4.69, 9.17) is 9.47 Å². The van der Waals surface area contributed by atoms with Crippen molar-refractivity contribution in [3.05, 3.63) is 52.2 Å². The standard InChI is InChI=1S/C18H18N2O5S/c21-16(20-18(23)19-9-14-5-3-7-26-14)11-25-17(22)13-8-12-4-1-2-6-15(12)24-10-13/h1-7,13H,8-11H2,(H2,19,20,21,23)/t13-/m0/s1. The van der Waals surface area contributed by atoms with Gasteiger partial charge in [-0.3, -0.25) is 14.9 Å². The average Bonchev–Trinajstić information content (AvgIpc) is 3.17. The molecule has 3 rings (SSSR count). The topological polar surface area (TPSA) is 93.7 Å². The molecule has 1 aromatic carbocycles. The molecular weight excluding hydrogens is 356 g/mol. The molecule has 1 atom stereocenters. The zero-order valence-electron chi connectivity index (χ0n) is 13.9. The number of hydrogen-bond donors (Lipinski definition) is 2. The number of nitrogens with one attached hydrogen (secondary N) is 2. The third-order valence-electron chi connectivity index (χ3n) is 3.81. The quantitative estimate of drug-likeness (QED) is 0.780. The zero-order chi connectivity index (χ0) is 18.4. The maximum atomic E-state index is 12.1. The molecule has 8 heteroatoms. The summed E-state index contributed by atoms with van der Waals surface area (Å²) in [7, 11) is 0. The third-order valence-corrected chi connectivity index (χ3v) is 4.69. The van der Waals surface area contributed by atoms with Gasteiger partial charge in [0.15, 0.2) is 6.61 Å². The molecule has 7 nitrogen and oxygen atoms in total. The first-order valence-corrected chi connectivity index (χ1v) is 8.97. The van der Waals surface area contributed by atoms with Crippen LogP contribution in [0.2, 0.25) is 0 Å². The van der Waals surface area contributed by atoms with Crippen LogP contribution in [0.1, 0.15) is 10.4 Å². The number of urea groups is 1. The van der Waals surface area contributed by atoms with E-state index in [2.05, 4.69) is 10.6 Å². The van der Waals surface area contributed by atoms with Gasteiger partial charge < -0.3 is 14.8 Å². The van der Waals surface area contributed by atoms with Crippen molar-refractivity contribution in [1.29, 1.82) is 0 Å². The fourth-order valence-electron chi connectivity index (χ4n) is 2.52. The summed E-state index contributed by atoms with van der Waals surface area (Å²) < 4.78 is 10.5. The zero-order valence-corrected chi connectivity index (χ0v) is 14.7. The van der Waals surface area contributed by atoms with Gasteiger partial charge in [0.1, 0.15) is 12.4 Å². The van der Waals surface area contributed by atoms with Crippen LogP contribution in [0.3, 0.4) is 0 Å². The Balaban J connectivity index is 1.39. The number of imide groups is 1. The number of rotatable bonds is 5. The number of thiophene rings is 1. The van der Waals surface area contributed by atoms with E-state index in [-0.39, 0.29) is 6.61 Å². The second kappa shape index (κ2) is 8.48. The minimum atomic E-state index is -0.681. The van der Waals surface area contributed by atoms with Gasteiger partial charge in [0, 0.05) is 4.88 Å². The minimum absolute atomic E-state index is 0.207. The number of para-hydroxylation sites is 1. The van der Waals surface area contributed by atoms with Crippen LogP contribution in [-0.4, -0.2) is 31.1 Å². The van der Waals surface area contributed by atoms with Crippen molar-refractivity contribution in [2.45, 2.75) is 13.0 Å². The van der Waals surface area contributed by atoms with E-state index in [1.165, 1.54) is 11.3 Å². The van der Waals surface area contributed by atoms with Gasteiger partial charge in [0.2, 0.25) is 0 Å². The molecule has 0 radical (unpaired) electrons. The Morgan fingerprint density at radius 2 is 2.04 bits per heavy atom. The second-order valence-corrected chi connectivity index (χ2v) is 6.77. The Hall–Kier alpha value is -2.87. The van der Waals surface area contributed by atoms with Crippen LogP contribution in [0, 0.1) is 5.92 Å². The molecule has 0 fully saturated rings. The van der Waals surface area contributed by atoms with Crippen LogP contribution in [0.15, 0.2) is 41.8 Å². The van der Waals surface area contributed by atoms with Crippen LogP contribution in [0.25, 0.3) is 0 Å². The maximum Gasteiger partial charge on any atom is 0.321 e. The van der Waals surface area contributed by atoms with E-state index in [1.807, 2.05) is 41.8 Å². The molecule has 26 heavy (non-hydrogen) atoms. The lowest BCUT2D eigenvalue weighted by Crippen LogP contribution is -2.41. The average molecular weight is 374 g/mol. The first-order valence-electron chi connectivity index (χ1n) is 8.09. The van der Waals surface area contributed by atoms with Gasteiger partial charge in [-0.25, -0.2) is 4.79 Å². The predicted octanol–water partition coefficient (Wildman–Crippen LogP) is 1.87. The van der Waals surface area contributed by atoms with Crippen molar-refractivity contribution in [3.63, 3.8) is 0 Å². The van der Waals surface area contributed by atoms with E-state index in [0.717, 1.165) is 16.2 Å². The molecule has 2 aromatic rings. The van der Waals surface area contributed by atoms with Gasteiger partial charge in [0.25, 0.3) is 5.91 Å². The number of esters is 1. The lowest BCUT2D eigenvalue weighted by Gasteiger charge is -2.23. The summed E-state index contributed by atoms with van der Waals surface area (Å²) in [5.41, 5.74) is 0.929. The molecule has 136 valence electrons. The van der Waals surface area contributed by atoms with Gasteiger partial charge in [-0.15, -0.1) is 11.3 Å². The number of carbonyl (C=O) groups excluding carboxylic acids is 3. The molecule has 0 aliphatic carbocycles.